The third-order valence-corrected chi connectivity index (χ3v) is 4.13. The van der Waals surface area contributed by atoms with E-state index in [1.165, 1.54) is 38.5 Å². The van der Waals surface area contributed by atoms with Crippen molar-refractivity contribution in [3.8, 4) is 0 Å². The SMILES string of the molecule is C/C=C(/C)N.CC(=O)C(C)O.CCC.CN(C)C.COC(=O)Nn1c(C)c(C)c(C)c1C.[CH2-]CN([CH2-])C.[Y]. The van der Waals surface area contributed by atoms with Crippen LogP contribution in [0.2, 0.25) is 0 Å². The van der Waals surface area contributed by atoms with Gasteiger partial charge >= 0.3 is 6.09 Å². The van der Waals surface area contributed by atoms with E-state index in [9.17, 15) is 9.59 Å². The van der Waals surface area contributed by atoms with Crippen molar-refractivity contribution in [1.29, 1.82) is 0 Å². The smallest absolute Gasteiger partial charge is 0.426 e. The summed E-state index contributed by atoms with van der Waals surface area (Å²) in [5, 5.41) is 8.28. The molecule has 1 aromatic rings. The largest absolute Gasteiger partial charge is 0.487 e. The fraction of sp³-hybridized carbons (Fsp3) is 0.643. The van der Waals surface area contributed by atoms with Gasteiger partial charge in [0, 0.05) is 49.8 Å². The molecule has 0 aliphatic rings. The van der Waals surface area contributed by atoms with Crippen LogP contribution in [0.15, 0.2) is 11.8 Å². The molecule has 1 heterocycles. The van der Waals surface area contributed by atoms with Crippen LogP contribution in [0.25, 0.3) is 0 Å². The van der Waals surface area contributed by atoms with Crippen LogP contribution in [0.5, 0.6) is 0 Å². The summed E-state index contributed by atoms with van der Waals surface area (Å²) < 4.78 is 6.29. The number of nitrogens with zero attached hydrogens (tertiary/aromatic N) is 3. The van der Waals surface area contributed by atoms with Crippen LogP contribution in [-0.4, -0.2) is 79.4 Å². The molecule has 0 fully saturated rings. The van der Waals surface area contributed by atoms with Crippen LogP contribution < -0.4 is 11.2 Å². The Morgan fingerprint density at radius 2 is 1.32 bits per heavy atom. The third-order valence-electron chi connectivity index (χ3n) is 4.13. The predicted molar refractivity (Wildman–Crippen MR) is 160 cm³/mol. The summed E-state index contributed by atoms with van der Waals surface area (Å²) >= 11 is 0. The van der Waals surface area contributed by atoms with Gasteiger partial charge in [0.15, 0.2) is 5.78 Å². The van der Waals surface area contributed by atoms with Gasteiger partial charge in [-0.25, -0.2) is 10.2 Å². The van der Waals surface area contributed by atoms with E-state index in [4.69, 9.17) is 10.8 Å². The monoisotopic (exact) mass is 618 g/mol. The minimum Gasteiger partial charge on any atom is -0.487 e. The molecule has 0 aliphatic heterocycles. The molecule has 0 spiro atoms. The van der Waals surface area contributed by atoms with Crippen LogP contribution in [0.4, 0.5) is 4.79 Å². The zero-order valence-electron chi connectivity index (χ0n) is 27.2. The van der Waals surface area contributed by atoms with Crippen molar-refractivity contribution in [1.82, 2.24) is 14.5 Å². The Balaban J connectivity index is -0.0000000902. The molecule has 38 heavy (non-hydrogen) atoms. The number of allylic oxidation sites excluding steroid dienone is 2. The molecule has 1 unspecified atom stereocenters. The van der Waals surface area contributed by atoms with E-state index >= 15 is 0 Å². The molecule has 0 aliphatic carbocycles. The van der Waals surface area contributed by atoms with Crippen molar-refractivity contribution in [3.63, 3.8) is 0 Å². The minimum atomic E-state index is -0.787. The Labute approximate surface area is 260 Å². The fourth-order valence-electron chi connectivity index (χ4n) is 1.43. The molecule has 0 saturated carbocycles. The predicted octanol–water partition coefficient (Wildman–Crippen LogP) is 4.99. The van der Waals surface area contributed by atoms with Gasteiger partial charge in [0.1, 0.15) is 6.10 Å². The summed E-state index contributed by atoms with van der Waals surface area (Å²) in [6, 6.07) is 0. The summed E-state index contributed by atoms with van der Waals surface area (Å²) in [6.45, 7) is 23.1. The van der Waals surface area contributed by atoms with Crippen molar-refractivity contribution in [2.24, 2.45) is 5.73 Å². The Morgan fingerprint density at radius 3 is 1.45 bits per heavy atom. The number of hydrogen-bond donors (Lipinski definition) is 3. The summed E-state index contributed by atoms with van der Waals surface area (Å²) in [6.07, 6.45) is 1.87. The second-order valence-corrected chi connectivity index (χ2v) is 8.81. The van der Waals surface area contributed by atoms with Gasteiger partial charge in [-0.3, -0.25) is 16.5 Å². The number of Topliss-reactive ketones (excluding diaryl/α,β-unsaturated/α-hetero) is 1. The molecule has 1 aromatic heterocycles. The minimum absolute atomic E-state index is 0. The molecule has 1 amide bonds. The van der Waals surface area contributed by atoms with Crippen LogP contribution >= 0.6 is 0 Å². The number of aliphatic hydroxyl groups excluding tert-OH is 1. The van der Waals surface area contributed by atoms with Crippen molar-refractivity contribution >= 4 is 11.9 Å². The molecule has 0 bridgehead atoms. The number of nitrogens with two attached hydrogens (primary N) is 1. The first kappa shape index (κ1) is 49.7. The van der Waals surface area contributed by atoms with Crippen LogP contribution in [-0.2, 0) is 42.2 Å². The number of aromatic nitrogens is 1. The van der Waals surface area contributed by atoms with E-state index in [0.29, 0.717) is 0 Å². The number of rotatable bonds is 3. The molecular weight excluding hydrogens is 559 g/mol. The number of methoxy groups -OCH3 is 1. The van der Waals surface area contributed by atoms with Gasteiger partial charge in [-0.05, 0) is 94.7 Å². The summed E-state index contributed by atoms with van der Waals surface area (Å²) in [5.74, 6) is -0.185. The van der Waals surface area contributed by atoms with Crippen molar-refractivity contribution in [3.05, 3.63) is 48.3 Å². The van der Waals surface area contributed by atoms with Crippen molar-refractivity contribution in [2.75, 3.05) is 47.3 Å². The molecule has 0 aromatic carbocycles. The number of nitrogens with one attached hydrogen (secondary N) is 1. The molecule has 9 nitrogen and oxygen atoms in total. The first-order valence-electron chi connectivity index (χ1n) is 12.3. The quantitative estimate of drug-likeness (QED) is 0.409. The summed E-state index contributed by atoms with van der Waals surface area (Å²) in [4.78, 5) is 24.7. The van der Waals surface area contributed by atoms with E-state index in [-0.39, 0.29) is 38.5 Å². The van der Waals surface area contributed by atoms with Crippen LogP contribution in [0.1, 0.15) is 70.5 Å². The Hall–Kier alpha value is -1.26. The van der Waals surface area contributed by atoms with E-state index in [0.717, 1.165) is 23.6 Å². The first-order valence-corrected chi connectivity index (χ1v) is 12.3. The zero-order chi connectivity index (χ0) is 30.9. The second kappa shape index (κ2) is 32.0. The van der Waals surface area contributed by atoms with Crippen LogP contribution in [0, 0.1) is 41.7 Å². The number of carbonyl (C=O) groups is 2. The van der Waals surface area contributed by atoms with Gasteiger partial charge in [-0.1, -0.05) is 26.3 Å². The number of carbonyl (C=O) groups excluding carboxylic acids is 2. The van der Waals surface area contributed by atoms with Crippen molar-refractivity contribution < 1.29 is 52.1 Å². The average Bonchev–Trinajstić information content (AvgIpc) is 2.98. The van der Waals surface area contributed by atoms with Crippen LogP contribution in [0.3, 0.4) is 0 Å². The number of ketones is 1. The molecular formula is C28H59N5O4Y-2. The summed E-state index contributed by atoms with van der Waals surface area (Å²) in [5.41, 5.74) is 13.1. The standard InChI is InChI=1S/C10H16N2O2.2C4H9N.C4H8O2.C3H9N.C3H8.Y/c1-6-7(2)9(4)12(8(6)3)11-10(13)14-5;1-4-5(2)3;1-3-4(2)5;1-3(5)4(2)6;1-4(2)3;1-3-2;/h1-5H3,(H,11,13);1-2,4H2,3H3;3H,5H2,1-2H3;3,5H,1-2H3;1-3H3;3H2,1-2H3;/q;-2;;;;;/b;;4-3-;;;;. The van der Waals surface area contributed by atoms with Gasteiger partial charge in [0.05, 0.1) is 7.11 Å². The van der Waals surface area contributed by atoms with E-state index in [1.54, 1.807) is 9.58 Å². The zero-order valence-corrected chi connectivity index (χ0v) is 30.0. The molecule has 1 radical (unpaired) electrons. The topological polar surface area (TPSA) is 113 Å². The molecule has 0 saturated heterocycles. The maximum atomic E-state index is 11.1. The molecule has 10 heteroatoms. The van der Waals surface area contributed by atoms with Gasteiger partial charge in [0.2, 0.25) is 0 Å². The maximum Gasteiger partial charge on any atom is 0.426 e. The average molecular weight is 619 g/mol. The van der Waals surface area contributed by atoms with Crippen molar-refractivity contribution in [2.45, 2.75) is 81.8 Å². The number of ether oxygens (including phenoxy) is 1. The van der Waals surface area contributed by atoms with E-state index in [2.05, 4.69) is 38.0 Å². The van der Waals surface area contributed by atoms with E-state index < -0.39 is 12.2 Å². The molecule has 1 atom stereocenters. The molecule has 1 rings (SSSR count). The van der Waals surface area contributed by atoms with Gasteiger partial charge < -0.3 is 32.3 Å². The Morgan fingerprint density at radius 1 is 1.08 bits per heavy atom. The third kappa shape index (κ3) is 36.9. The normalized spacial score (nSPS) is 10.2. The van der Waals surface area contributed by atoms with E-state index in [1.807, 2.05) is 80.7 Å². The Kier molecular flexibility index (Phi) is 41.8. The van der Waals surface area contributed by atoms with Gasteiger partial charge in [-0.15, -0.1) is 0 Å². The second-order valence-electron chi connectivity index (χ2n) is 8.81. The van der Waals surface area contributed by atoms with Gasteiger partial charge in [-0.2, -0.15) is 6.54 Å². The molecule has 4 N–H and O–H groups in total. The first-order chi connectivity index (χ1) is 16.8. The fourth-order valence-corrected chi connectivity index (χ4v) is 1.43. The molecule has 225 valence electrons. The maximum absolute atomic E-state index is 11.1. The van der Waals surface area contributed by atoms with Gasteiger partial charge in [0.25, 0.3) is 0 Å². The number of amides is 1. The summed E-state index contributed by atoms with van der Waals surface area (Å²) in [7, 11) is 12.8. The number of hydrogen-bond acceptors (Lipinski definition) is 7. The Bertz CT molecular complexity index is 699. The number of aliphatic hydroxyl groups is 1.